The Morgan fingerprint density at radius 2 is 1.67 bits per heavy atom. The lowest BCUT2D eigenvalue weighted by Crippen LogP contribution is -2.24. The molecule has 21 heavy (non-hydrogen) atoms. The molecular weight excluding hydrogens is 282 g/mol. The van der Waals surface area contributed by atoms with Gasteiger partial charge in [-0.15, -0.1) is 0 Å². The Morgan fingerprint density at radius 1 is 0.905 bits per heavy atom. The molecule has 0 atom stereocenters. The Bertz CT molecular complexity index is 724. The predicted molar refractivity (Wildman–Crippen MR) is 84.4 cm³/mol. The van der Waals surface area contributed by atoms with E-state index in [1.165, 1.54) is 17.5 Å². The second-order valence-corrected chi connectivity index (χ2v) is 7.33. The first kappa shape index (κ1) is 14.3. The van der Waals surface area contributed by atoms with Crippen molar-refractivity contribution in [1.29, 1.82) is 0 Å². The third-order valence-corrected chi connectivity index (χ3v) is 5.16. The van der Waals surface area contributed by atoms with Gasteiger partial charge in [0.25, 0.3) is 0 Å². The van der Waals surface area contributed by atoms with Gasteiger partial charge in [0.15, 0.2) is 0 Å². The number of hydrogen-bond acceptors (Lipinski definition) is 2. The minimum Gasteiger partial charge on any atom is -0.212 e. The molecule has 110 valence electrons. The topological polar surface area (TPSA) is 46.2 Å². The van der Waals surface area contributed by atoms with Crippen molar-refractivity contribution in [3.8, 4) is 0 Å². The smallest absolute Gasteiger partial charge is 0.212 e. The van der Waals surface area contributed by atoms with E-state index < -0.39 is 10.0 Å². The Balaban J connectivity index is 1.64. The van der Waals surface area contributed by atoms with Crippen LogP contribution >= 0.6 is 0 Å². The lowest BCUT2D eigenvalue weighted by atomic mass is 10.1. The van der Waals surface area contributed by atoms with Crippen molar-refractivity contribution < 1.29 is 8.42 Å². The molecule has 0 unspecified atom stereocenters. The second-order valence-electron chi connectivity index (χ2n) is 5.52. The third-order valence-electron chi connectivity index (χ3n) is 3.86. The van der Waals surface area contributed by atoms with Gasteiger partial charge in [0.2, 0.25) is 10.0 Å². The number of sulfonamides is 1. The summed E-state index contributed by atoms with van der Waals surface area (Å²) in [5, 5.41) is 0. The molecule has 0 amide bonds. The highest BCUT2D eigenvalue weighted by Crippen LogP contribution is 2.22. The highest BCUT2D eigenvalue weighted by molar-refractivity contribution is 7.88. The van der Waals surface area contributed by atoms with E-state index in [2.05, 4.69) is 16.9 Å². The minimum atomic E-state index is -3.30. The van der Waals surface area contributed by atoms with Crippen LogP contribution in [0.1, 0.15) is 28.7 Å². The van der Waals surface area contributed by atoms with Crippen LogP contribution in [0.4, 0.5) is 0 Å². The molecule has 4 heteroatoms. The molecule has 2 aromatic carbocycles. The second kappa shape index (κ2) is 6.00. The van der Waals surface area contributed by atoms with Gasteiger partial charge >= 0.3 is 0 Å². The van der Waals surface area contributed by atoms with Crippen molar-refractivity contribution in [2.45, 2.75) is 31.6 Å². The Kier molecular flexibility index (Phi) is 4.08. The fourth-order valence-corrected chi connectivity index (χ4v) is 3.89. The van der Waals surface area contributed by atoms with E-state index in [0.29, 0.717) is 6.54 Å². The highest BCUT2D eigenvalue weighted by Gasteiger charge is 2.13. The molecule has 2 aromatic rings. The van der Waals surface area contributed by atoms with Crippen molar-refractivity contribution >= 4 is 10.0 Å². The number of aryl methyl sites for hydroxylation is 2. The minimum absolute atomic E-state index is 0.0266. The number of fused-ring (bicyclic) bond motifs is 1. The molecule has 3 nitrogen and oxygen atoms in total. The number of rotatable bonds is 5. The average Bonchev–Trinajstić information content (AvgIpc) is 2.93. The standard InChI is InChI=1S/C17H19NO2S/c19-21(20,13-14-5-2-1-3-6-14)18-12-15-9-10-16-7-4-8-17(16)11-15/h1-3,5-6,9-11,18H,4,7-8,12-13H2. The van der Waals surface area contributed by atoms with Gasteiger partial charge in [-0.2, -0.15) is 0 Å². The summed E-state index contributed by atoms with van der Waals surface area (Å²) in [6.45, 7) is 0.364. The lowest BCUT2D eigenvalue weighted by molar-refractivity contribution is 0.580. The van der Waals surface area contributed by atoms with E-state index >= 15 is 0 Å². The zero-order valence-electron chi connectivity index (χ0n) is 11.9. The van der Waals surface area contributed by atoms with Crippen molar-refractivity contribution in [3.05, 3.63) is 70.8 Å². The number of nitrogens with one attached hydrogen (secondary N) is 1. The molecule has 0 heterocycles. The SMILES string of the molecule is O=S(=O)(Cc1ccccc1)NCc1ccc2c(c1)CCC2. The fourth-order valence-electron chi connectivity index (χ4n) is 2.77. The molecule has 0 aliphatic heterocycles. The van der Waals surface area contributed by atoms with Gasteiger partial charge in [0.05, 0.1) is 5.75 Å². The van der Waals surface area contributed by atoms with Crippen molar-refractivity contribution in [1.82, 2.24) is 4.72 Å². The molecule has 0 radical (unpaired) electrons. The van der Waals surface area contributed by atoms with Crippen molar-refractivity contribution in [3.63, 3.8) is 0 Å². The maximum atomic E-state index is 12.1. The van der Waals surface area contributed by atoms with Crippen LogP contribution in [0, 0.1) is 0 Å². The van der Waals surface area contributed by atoms with E-state index in [-0.39, 0.29) is 5.75 Å². The van der Waals surface area contributed by atoms with Crippen LogP contribution in [0.3, 0.4) is 0 Å². The summed E-state index contributed by atoms with van der Waals surface area (Å²) in [5.41, 5.74) is 4.62. The van der Waals surface area contributed by atoms with Crippen LogP contribution in [-0.4, -0.2) is 8.42 Å². The van der Waals surface area contributed by atoms with Gasteiger partial charge in [-0.25, -0.2) is 13.1 Å². The zero-order chi connectivity index (χ0) is 14.7. The van der Waals surface area contributed by atoms with Crippen LogP contribution in [0.15, 0.2) is 48.5 Å². The molecule has 1 N–H and O–H groups in total. The summed E-state index contributed by atoms with van der Waals surface area (Å²) in [6.07, 6.45) is 3.47. The Morgan fingerprint density at radius 3 is 2.48 bits per heavy atom. The van der Waals surface area contributed by atoms with Crippen molar-refractivity contribution in [2.75, 3.05) is 0 Å². The molecule has 0 saturated carbocycles. The maximum absolute atomic E-state index is 12.1. The lowest BCUT2D eigenvalue weighted by Gasteiger charge is -2.08. The van der Waals surface area contributed by atoms with Crippen molar-refractivity contribution in [2.24, 2.45) is 0 Å². The first-order valence-corrected chi connectivity index (χ1v) is 8.89. The molecule has 0 bridgehead atoms. The highest BCUT2D eigenvalue weighted by atomic mass is 32.2. The van der Waals surface area contributed by atoms with Crippen LogP contribution in [-0.2, 0) is 35.2 Å². The zero-order valence-corrected chi connectivity index (χ0v) is 12.7. The summed E-state index contributed by atoms with van der Waals surface area (Å²) in [6, 6.07) is 15.5. The largest absolute Gasteiger partial charge is 0.216 e. The number of hydrogen-bond donors (Lipinski definition) is 1. The number of benzene rings is 2. The van der Waals surface area contributed by atoms with Gasteiger partial charge in [0.1, 0.15) is 0 Å². The monoisotopic (exact) mass is 301 g/mol. The molecule has 0 fully saturated rings. The summed E-state index contributed by atoms with van der Waals surface area (Å²) in [7, 11) is -3.30. The van der Waals surface area contributed by atoms with E-state index in [4.69, 9.17) is 0 Å². The first-order chi connectivity index (χ1) is 10.1. The molecule has 3 rings (SSSR count). The fraction of sp³-hybridized carbons (Fsp3) is 0.294. The average molecular weight is 301 g/mol. The Hall–Kier alpha value is -1.65. The maximum Gasteiger partial charge on any atom is 0.216 e. The summed E-state index contributed by atoms with van der Waals surface area (Å²) in [5.74, 6) is 0.0266. The van der Waals surface area contributed by atoms with E-state index in [9.17, 15) is 8.42 Å². The predicted octanol–water partition coefficient (Wildman–Crippen LogP) is 2.79. The van der Waals surface area contributed by atoms with Crippen LogP contribution in [0.5, 0.6) is 0 Å². The van der Waals surface area contributed by atoms with Crippen LogP contribution in [0.25, 0.3) is 0 Å². The third kappa shape index (κ3) is 3.71. The molecule has 0 aromatic heterocycles. The summed E-state index contributed by atoms with van der Waals surface area (Å²) >= 11 is 0. The van der Waals surface area contributed by atoms with Gasteiger partial charge in [-0.05, 0) is 41.5 Å². The van der Waals surface area contributed by atoms with Gasteiger partial charge in [-0.3, -0.25) is 0 Å². The molecule has 0 spiro atoms. The quantitative estimate of drug-likeness (QED) is 0.923. The Labute approximate surface area is 126 Å². The summed E-state index contributed by atoms with van der Waals surface area (Å²) < 4.78 is 26.9. The van der Waals surface area contributed by atoms with Crippen LogP contribution in [0.2, 0.25) is 0 Å². The van der Waals surface area contributed by atoms with Gasteiger partial charge in [-0.1, -0.05) is 48.5 Å². The van der Waals surface area contributed by atoms with Gasteiger partial charge in [0, 0.05) is 6.54 Å². The first-order valence-electron chi connectivity index (χ1n) is 7.24. The van der Waals surface area contributed by atoms with E-state index in [0.717, 1.165) is 24.0 Å². The van der Waals surface area contributed by atoms with Crippen LogP contribution < -0.4 is 4.72 Å². The molecule has 1 aliphatic carbocycles. The van der Waals surface area contributed by atoms with Gasteiger partial charge < -0.3 is 0 Å². The normalized spacial score (nSPS) is 14.1. The molecular formula is C17H19NO2S. The molecule has 1 aliphatic rings. The van der Waals surface area contributed by atoms with E-state index in [1.54, 1.807) is 0 Å². The molecule has 0 saturated heterocycles. The summed E-state index contributed by atoms with van der Waals surface area (Å²) in [4.78, 5) is 0. The van der Waals surface area contributed by atoms with E-state index in [1.807, 2.05) is 36.4 Å².